The second-order valence-electron chi connectivity index (χ2n) is 8.08. The maximum atomic E-state index is 11.2. The van der Waals surface area contributed by atoms with Crippen LogP contribution in [-0.2, 0) is 0 Å². The van der Waals surface area contributed by atoms with Crippen molar-refractivity contribution in [2.24, 2.45) is 11.3 Å². The van der Waals surface area contributed by atoms with Gasteiger partial charge in [-0.3, -0.25) is 0 Å². The van der Waals surface area contributed by atoms with Gasteiger partial charge in [-0.15, -0.1) is 0 Å². The summed E-state index contributed by atoms with van der Waals surface area (Å²) in [5.74, 6) is -0.219. The Labute approximate surface area is 150 Å². The molecule has 1 N–H and O–H groups in total. The normalized spacial score (nSPS) is 21.6. The zero-order valence-electron chi connectivity index (χ0n) is 15.3. The lowest BCUT2D eigenvalue weighted by molar-refractivity contribution is 0.0697. The van der Waals surface area contributed by atoms with E-state index in [2.05, 4.69) is 45.0 Å². The molecule has 0 bridgehead atoms. The third-order valence-electron chi connectivity index (χ3n) is 5.02. The van der Waals surface area contributed by atoms with Gasteiger partial charge in [0, 0.05) is 0 Å². The van der Waals surface area contributed by atoms with E-state index in [1.54, 1.807) is 12.1 Å². The standard InChI is InChI=1S/C23H26O2/c1-16-13-20(15-23(2,3)14-16)21(17-7-5-4-6-8-17)18-9-11-19(12-10-18)22(24)25/h4-12,16H,13-15H2,1-3H3,(H,24,25)/b21-20+. The van der Waals surface area contributed by atoms with Gasteiger partial charge < -0.3 is 5.11 Å². The van der Waals surface area contributed by atoms with Crippen molar-refractivity contribution in [3.05, 3.63) is 76.9 Å². The smallest absolute Gasteiger partial charge is 0.335 e. The summed E-state index contributed by atoms with van der Waals surface area (Å²) in [6, 6.07) is 17.8. The largest absolute Gasteiger partial charge is 0.478 e. The quantitative estimate of drug-likeness (QED) is 0.743. The predicted octanol–water partition coefficient (Wildman–Crippen LogP) is 6.03. The Kier molecular flexibility index (Phi) is 4.80. The van der Waals surface area contributed by atoms with Gasteiger partial charge in [-0.1, -0.05) is 68.8 Å². The first-order valence-corrected chi connectivity index (χ1v) is 8.97. The van der Waals surface area contributed by atoms with Gasteiger partial charge in [0.25, 0.3) is 0 Å². The van der Waals surface area contributed by atoms with Crippen molar-refractivity contribution in [3.8, 4) is 0 Å². The van der Waals surface area contributed by atoms with Crippen LogP contribution in [0, 0.1) is 11.3 Å². The molecule has 1 aliphatic carbocycles. The van der Waals surface area contributed by atoms with Crippen LogP contribution in [0.3, 0.4) is 0 Å². The van der Waals surface area contributed by atoms with E-state index in [0.717, 1.165) is 18.4 Å². The van der Waals surface area contributed by atoms with Gasteiger partial charge in [0.2, 0.25) is 0 Å². The molecule has 0 heterocycles. The average molecular weight is 334 g/mol. The van der Waals surface area contributed by atoms with Crippen LogP contribution in [0.1, 0.15) is 61.5 Å². The highest BCUT2D eigenvalue weighted by atomic mass is 16.4. The summed E-state index contributed by atoms with van der Waals surface area (Å²) in [6.45, 7) is 7.02. The number of carbonyl (C=O) groups is 1. The lowest BCUT2D eigenvalue weighted by atomic mass is 9.68. The molecule has 2 aromatic rings. The molecule has 130 valence electrons. The molecule has 1 atom stereocenters. The maximum Gasteiger partial charge on any atom is 0.335 e. The minimum Gasteiger partial charge on any atom is -0.478 e. The first-order valence-electron chi connectivity index (χ1n) is 8.97. The third kappa shape index (κ3) is 4.01. The van der Waals surface area contributed by atoms with Crippen molar-refractivity contribution in [2.45, 2.75) is 40.0 Å². The minimum absolute atomic E-state index is 0.300. The van der Waals surface area contributed by atoms with Crippen molar-refractivity contribution in [3.63, 3.8) is 0 Å². The Morgan fingerprint density at radius 2 is 1.52 bits per heavy atom. The number of aromatic carboxylic acids is 1. The van der Waals surface area contributed by atoms with Gasteiger partial charge in [0.15, 0.2) is 0 Å². The molecule has 25 heavy (non-hydrogen) atoms. The number of hydrogen-bond acceptors (Lipinski definition) is 1. The summed E-state index contributed by atoms with van der Waals surface area (Å²) < 4.78 is 0. The summed E-state index contributed by atoms with van der Waals surface area (Å²) in [6.07, 6.45) is 3.44. The van der Waals surface area contributed by atoms with E-state index in [-0.39, 0.29) is 0 Å². The molecule has 2 heteroatoms. The molecule has 0 aliphatic heterocycles. The summed E-state index contributed by atoms with van der Waals surface area (Å²) in [7, 11) is 0. The summed E-state index contributed by atoms with van der Waals surface area (Å²) >= 11 is 0. The number of rotatable bonds is 3. The molecule has 0 saturated heterocycles. The zero-order valence-corrected chi connectivity index (χ0v) is 15.3. The maximum absolute atomic E-state index is 11.2. The van der Waals surface area contributed by atoms with E-state index in [9.17, 15) is 9.90 Å². The van der Waals surface area contributed by atoms with Crippen LogP contribution in [0.5, 0.6) is 0 Å². The lowest BCUT2D eigenvalue weighted by Gasteiger charge is -2.37. The number of benzene rings is 2. The second kappa shape index (κ2) is 6.87. The fraction of sp³-hybridized carbons (Fsp3) is 0.348. The molecule has 2 nitrogen and oxygen atoms in total. The summed E-state index contributed by atoms with van der Waals surface area (Å²) in [5, 5.41) is 9.17. The fourth-order valence-electron chi connectivity index (χ4n) is 4.31. The average Bonchev–Trinajstić information content (AvgIpc) is 2.55. The highest BCUT2D eigenvalue weighted by molar-refractivity contribution is 5.89. The van der Waals surface area contributed by atoms with Gasteiger partial charge in [0.1, 0.15) is 0 Å². The zero-order chi connectivity index (χ0) is 18.0. The van der Waals surface area contributed by atoms with Crippen molar-refractivity contribution in [1.82, 2.24) is 0 Å². The molecule has 2 aromatic carbocycles. The Morgan fingerprint density at radius 3 is 2.08 bits per heavy atom. The highest BCUT2D eigenvalue weighted by Gasteiger charge is 2.30. The predicted molar refractivity (Wildman–Crippen MR) is 103 cm³/mol. The summed E-state index contributed by atoms with van der Waals surface area (Å²) in [5.41, 5.74) is 5.71. The van der Waals surface area contributed by atoms with Crippen LogP contribution in [0.2, 0.25) is 0 Å². The van der Waals surface area contributed by atoms with Gasteiger partial charge >= 0.3 is 5.97 Å². The Hall–Kier alpha value is -2.35. The molecule has 1 saturated carbocycles. The fourth-order valence-corrected chi connectivity index (χ4v) is 4.31. The van der Waals surface area contributed by atoms with Crippen LogP contribution < -0.4 is 0 Å². The molecule has 0 aromatic heterocycles. The van der Waals surface area contributed by atoms with Crippen LogP contribution in [0.15, 0.2) is 60.2 Å². The number of hydrogen-bond donors (Lipinski definition) is 1. The van der Waals surface area contributed by atoms with E-state index in [0.29, 0.717) is 16.9 Å². The van der Waals surface area contributed by atoms with Crippen molar-refractivity contribution < 1.29 is 9.90 Å². The van der Waals surface area contributed by atoms with Gasteiger partial charge in [-0.05, 0) is 59.4 Å². The lowest BCUT2D eigenvalue weighted by Crippen LogP contribution is -2.23. The van der Waals surface area contributed by atoms with Gasteiger partial charge in [0.05, 0.1) is 5.56 Å². The van der Waals surface area contributed by atoms with Crippen molar-refractivity contribution in [2.75, 3.05) is 0 Å². The topological polar surface area (TPSA) is 37.3 Å². The van der Waals surface area contributed by atoms with E-state index in [4.69, 9.17) is 0 Å². The Bertz CT molecular complexity index is 783. The highest BCUT2D eigenvalue weighted by Crippen LogP contribution is 2.45. The molecule has 1 unspecified atom stereocenters. The number of carboxylic acid groups (broad SMARTS) is 1. The Balaban J connectivity index is 2.13. The molecule has 3 rings (SSSR count). The van der Waals surface area contributed by atoms with Crippen LogP contribution in [0.4, 0.5) is 0 Å². The molecule has 0 amide bonds. The van der Waals surface area contributed by atoms with E-state index in [1.807, 2.05) is 18.2 Å². The van der Waals surface area contributed by atoms with E-state index < -0.39 is 5.97 Å². The number of carboxylic acids is 1. The molecule has 1 fully saturated rings. The van der Waals surface area contributed by atoms with Crippen LogP contribution in [0.25, 0.3) is 5.57 Å². The Morgan fingerprint density at radius 1 is 0.960 bits per heavy atom. The molecular weight excluding hydrogens is 308 g/mol. The van der Waals surface area contributed by atoms with Crippen molar-refractivity contribution in [1.29, 1.82) is 0 Å². The van der Waals surface area contributed by atoms with Gasteiger partial charge in [-0.25, -0.2) is 4.79 Å². The molecular formula is C23H26O2. The number of allylic oxidation sites excluding steroid dienone is 1. The minimum atomic E-state index is -0.882. The first-order chi connectivity index (χ1) is 11.9. The molecule has 1 aliphatic rings. The van der Waals surface area contributed by atoms with Crippen molar-refractivity contribution >= 4 is 11.5 Å². The first kappa shape index (κ1) is 17.5. The summed E-state index contributed by atoms with van der Waals surface area (Å²) in [4.78, 5) is 11.2. The monoisotopic (exact) mass is 334 g/mol. The van der Waals surface area contributed by atoms with E-state index in [1.165, 1.54) is 23.1 Å². The van der Waals surface area contributed by atoms with Gasteiger partial charge in [-0.2, -0.15) is 0 Å². The SMILES string of the molecule is CC1C/C(=C(/c2ccccc2)c2ccc(C(=O)O)cc2)CC(C)(C)C1. The second-order valence-corrected chi connectivity index (χ2v) is 8.08. The third-order valence-corrected chi connectivity index (χ3v) is 5.02. The molecule has 0 spiro atoms. The van der Waals surface area contributed by atoms with Crippen LogP contribution in [-0.4, -0.2) is 11.1 Å². The van der Waals surface area contributed by atoms with E-state index >= 15 is 0 Å². The van der Waals surface area contributed by atoms with Crippen LogP contribution >= 0.6 is 0 Å². The molecule has 0 radical (unpaired) electrons.